The number of benzene rings is 1. The molecule has 1 aliphatic heterocycles. The minimum absolute atomic E-state index is 0.0183. The zero-order chi connectivity index (χ0) is 11.7. The van der Waals surface area contributed by atoms with Gasteiger partial charge in [-0.05, 0) is 23.6 Å². The summed E-state index contributed by atoms with van der Waals surface area (Å²) >= 11 is 0. The second-order valence-corrected chi connectivity index (χ2v) is 4.72. The van der Waals surface area contributed by atoms with Crippen molar-refractivity contribution in [1.29, 1.82) is 0 Å². The van der Waals surface area contributed by atoms with Gasteiger partial charge in [0.25, 0.3) is 0 Å². The molecular weight excluding hydrogens is 200 g/mol. The SMILES string of the molecule is CC(C)c1cccc(N2CC(N)CC2=O)c1. The van der Waals surface area contributed by atoms with Crippen LogP contribution in [0.15, 0.2) is 24.3 Å². The normalized spacial score (nSPS) is 20.9. The molecule has 0 spiro atoms. The minimum atomic E-state index is -0.0183. The quantitative estimate of drug-likeness (QED) is 0.823. The summed E-state index contributed by atoms with van der Waals surface area (Å²) in [6.45, 7) is 4.94. The Labute approximate surface area is 96.2 Å². The Bertz CT molecular complexity index is 401. The van der Waals surface area contributed by atoms with Crippen molar-refractivity contribution in [1.82, 2.24) is 0 Å². The van der Waals surface area contributed by atoms with Crippen LogP contribution >= 0.6 is 0 Å². The van der Waals surface area contributed by atoms with Crippen LogP contribution in [0.3, 0.4) is 0 Å². The predicted octanol–water partition coefficient (Wildman–Crippen LogP) is 1.87. The topological polar surface area (TPSA) is 46.3 Å². The maximum atomic E-state index is 11.7. The lowest BCUT2D eigenvalue weighted by atomic mass is 10.0. The van der Waals surface area contributed by atoms with Gasteiger partial charge in [0.2, 0.25) is 5.91 Å². The molecule has 1 unspecified atom stereocenters. The van der Waals surface area contributed by atoms with Gasteiger partial charge >= 0.3 is 0 Å². The van der Waals surface area contributed by atoms with Crippen molar-refractivity contribution < 1.29 is 4.79 Å². The second-order valence-electron chi connectivity index (χ2n) is 4.72. The average molecular weight is 218 g/mol. The molecular formula is C13H18N2O. The highest BCUT2D eigenvalue weighted by Crippen LogP contribution is 2.24. The Balaban J connectivity index is 2.27. The molecule has 1 amide bonds. The van der Waals surface area contributed by atoms with Gasteiger partial charge in [-0.25, -0.2) is 0 Å². The predicted molar refractivity (Wildman–Crippen MR) is 65.5 cm³/mol. The third-order valence-electron chi connectivity index (χ3n) is 3.00. The first-order valence-electron chi connectivity index (χ1n) is 5.74. The molecule has 0 aromatic heterocycles. The highest BCUT2D eigenvalue weighted by Gasteiger charge is 2.27. The molecule has 1 heterocycles. The van der Waals surface area contributed by atoms with Crippen LogP contribution in [0.4, 0.5) is 5.69 Å². The highest BCUT2D eigenvalue weighted by molar-refractivity contribution is 5.96. The van der Waals surface area contributed by atoms with Gasteiger partial charge in [0.15, 0.2) is 0 Å². The Hall–Kier alpha value is -1.35. The molecule has 2 rings (SSSR count). The number of hydrogen-bond donors (Lipinski definition) is 1. The van der Waals surface area contributed by atoms with Crippen LogP contribution in [-0.2, 0) is 4.79 Å². The summed E-state index contributed by atoms with van der Waals surface area (Å²) in [4.78, 5) is 13.5. The molecule has 1 aromatic rings. The number of amides is 1. The van der Waals surface area contributed by atoms with E-state index in [9.17, 15) is 4.79 Å². The number of hydrogen-bond acceptors (Lipinski definition) is 2. The lowest BCUT2D eigenvalue weighted by Gasteiger charge is -2.17. The maximum Gasteiger partial charge on any atom is 0.228 e. The highest BCUT2D eigenvalue weighted by atomic mass is 16.2. The van der Waals surface area contributed by atoms with Crippen molar-refractivity contribution in [2.75, 3.05) is 11.4 Å². The first-order chi connectivity index (χ1) is 7.58. The fourth-order valence-electron chi connectivity index (χ4n) is 2.04. The summed E-state index contributed by atoms with van der Waals surface area (Å²) in [6, 6.07) is 8.13. The van der Waals surface area contributed by atoms with E-state index >= 15 is 0 Å². The van der Waals surface area contributed by atoms with Crippen molar-refractivity contribution in [3.63, 3.8) is 0 Å². The summed E-state index contributed by atoms with van der Waals surface area (Å²) in [7, 11) is 0. The van der Waals surface area contributed by atoms with Crippen LogP contribution in [0.1, 0.15) is 31.7 Å². The van der Waals surface area contributed by atoms with E-state index in [0.29, 0.717) is 18.9 Å². The Morgan fingerprint density at radius 1 is 1.44 bits per heavy atom. The first-order valence-corrected chi connectivity index (χ1v) is 5.74. The van der Waals surface area contributed by atoms with E-state index in [4.69, 9.17) is 5.73 Å². The van der Waals surface area contributed by atoms with E-state index in [2.05, 4.69) is 26.0 Å². The Morgan fingerprint density at radius 3 is 2.75 bits per heavy atom. The van der Waals surface area contributed by atoms with Crippen molar-refractivity contribution in [2.45, 2.75) is 32.2 Å². The van der Waals surface area contributed by atoms with Gasteiger partial charge < -0.3 is 10.6 Å². The standard InChI is InChI=1S/C13H18N2O/c1-9(2)10-4-3-5-12(6-10)15-8-11(14)7-13(15)16/h3-6,9,11H,7-8,14H2,1-2H3. The molecule has 2 N–H and O–H groups in total. The minimum Gasteiger partial charge on any atom is -0.326 e. The van der Waals surface area contributed by atoms with Gasteiger partial charge in [-0.3, -0.25) is 4.79 Å². The van der Waals surface area contributed by atoms with Gasteiger partial charge in [-0.15, -0.1) is 0 Å². The molecule has 16 heavy (non-hydrogen) atoms. The van der Waals surface area contributed by atoms with Gasteiger partial charge in [0.05, 0.1) is 0 Å². The molecule has 1 fully saturated rings. The van der Waals surface area contributed by atoms with Crippen LogP contribution in [-0.4, -0.2) is 18.5 Å². The lowest BCUT2D eigenvalue weighted by molar-refractivity contribution is -0.117. The Kier molecular flexibility index (Phi) is 2.97. The van der Waals surface area contributed by atoms with Crippen LogP contribution < -0.4 is 10.6 Å². The van der Waals surface area contributed by atoms with E-state index in [1.807, 2.05) is 12.1 Å². The molecule has 3 heteroatoms. The van der Waals surface area contributed by atoms with Gasteiger partial charge in [0, 0.05) is 24.7 Å². The molecule has 0 bridgehead atoms. The van der Waals surface area contributed by atoms with Gasteiger partial charge in [-0.2, -0.15) is 0 Å². The molecule has 0 saturated carbocycles. The molecule has 0 aliphatic carbocycles. The molecule has 1 aromatic carbocycles. The number of nitrogens with two attached hydrogens (primary N) is 1. The molecule has 1 atom stereocenters. The fourth-order valence-corrected chi connectivity index (χ4v) is 2.04. The molecule has 1 saturated heterocycles. The van der Waals surface area contributed by atoms with E-state index < -0.39 is 0 Å². The Morgan fingerprint density at radius 2 is 2.19 bits per heavy atom. The molecule has 86 valence electrons. The number of carbonyl (C=O) groups excluding carboxylic acids is 1. The zero-order valence-electron chi connectivity index (χ0n) is 9.81. The van der Waals surface area contributed by atoms with E-state index in [1.54, 1.807) is 4.90 Å². The maximum absolute atomic E-state index is 11.7. The van der Waals surface area contributed by atoms with E-state index in [1.165, 1.54) is 5.56 Å². The lowest BCUT2D eigenvalue weighted by Crippen LogP contribution is -2.27. The van der Waals surface area contributed by atoms with Crippen molar-refractivity contribution in [2.24, 2.45) is 5.73 Å². The van der Waals surface area contributed by atoms with Crippen LogP contribution in [0.2, 0.25) is 0 Å². The molecule has 1 aliphatic rings. The second kappa shape index (κ2) is 4.26. The summed E-state index contributed by atoms with van der Waals surface area (Å²) in [6.07, 6.45) is 0.464. The summed E-state index contributed by atoms with van der Waals surface area (Å²) in [5.74, 6) is 0.611. The monoisotopic (exact) mass is 218 g/mol. The third kappa shape index (κ3) is 2.09. The molecule has 0 radical (unpaired) electrons. The average Bonchev–Trinajstić information content (AvgIpc) is 2.58. The number of anilines is 1. The van der Waals surface area contributed by atoms with Crippen LogP contribution in [0, 0.1) is 0 Å². The van der Waals surface area contributed by atoms with Crippen molar-refractivity contribution >= 4 is 11.6 Å². The third-order valence-corrected chi connectivity index (χ3v) is 3.00. The summed E-state index contributed by atoms with van der Waals surface area (Å²) in [5.41, 5.74) is 8.02. The number of rotatable bonds is 2. The summed E-state index contributed by atoms with van der Waals surface area (Å²) < 4.78 is 0. The number of carbonyl (C=O) groups is 1. The van der Waals surface area contributed by atoms with E-state index in [0.717, 1.165) is 5.69 Å². The zero-order valence-corrected chi connectivity index (χ0v) is 9.81. The van der Waals surface area contributed by atoms with Crippen molar-refractivity contribution in [3.05, 3.63) is 29.8 Å². The van der Waals surface area contributed by atoms with E-state index in [-0.39, 0.29) is 11.9 Å². The fraction of sp³-hybridized carbons (Fsp3) is 0.462. The van der Waals surface area contributed by atoms with Crippen LogP contribution in [0.25, 0.3) is 0 Å². The van der Waals surface area contributed by atoms with Gasteiger partial charge in [-0.1, -0.05) is 26.0 Å². The first kappa shape index (κ1) is 11.1. The van der Waals surface area contributed by atoms with Gasteiger partial charge in [0.1, 0.15) is 0 Å². The van der Waals surface area contributed by atoms with Crippen molar-refractivity contribution in [3.8, 4) is 0 Å². The number of nitrogens with zero attached hydrogens (tertiary/aromatic N) is 1. The molecule has 3 nitrogen and oxygen atoms in total. The smallest absolute Gasteiger partial charge is 0.228 e. The largest absolute Gasteiger partial charge is 0.326 e. The van der Waals surface area contributed by atoms with Crippen LogP contribution in [0.5, 0.6) is 0 Å². The summed E-state index contributed by atoms with van der Waals surface area (Å²) in [5, 5.41) is 0.